The number of ether oxygens (including phenoxy) is 2. The lowest BCUT2D eigenvalue weighted by atomic mass is 9.98. The highest BCUT2D eigenvalue weighted by Gasteiger charge is 2.48. The molecule has 33 heavy (non-hydrogen) atoms. The van der Waals surface area contributed by atoms with Crippen LogP contribution in [0.15, 0.2) is 48.5 Å². The summed E-state index contributed by atoms with van der Waals surface area (Å²) in [4.78, 5) is 36.4. The topological polar surface area (TPSA) is 114 Å². The van der Waals surface area contributed by atoms with Gasteiger partial charge in [0.15, 0.2) is 0 Å². The third-order valence-corrected chi connectivity index (χ3v) is 6.80. The Morgan fingerprint density at radius 3 is 2.24 bits per heavy atom. The fourth-order valence-electron chi connectivity index (χ4n) is 4.89. The molecule has 8 heteroatoms. The maximum atomic E-state index is 12.7. The van der Waals surface area contributed by atoms with E-state index in [2.05, 4.69) is 34.9 Å². The van der Waals surface area contributed by atoms with Crippen molar-refractivity contribution in [3.63, 3.8) is 0 Å². The molecule has 0 spiro atoms. The van der Waals surface area contributed by atoms with E-state index in [-0.39, 0.29) is 38.1 Å². The monoisotopic (exact) mass is 450 g/mol. The third kappa shape index (κ3) is 4.30. The molecule has 2 aromatic rings. The number of nitrogens with one attached hydrogen (secondary N) is 2. The SMILES string of the molecule is O=C(O)CC1(NC(=O)C2COCC2NC(=O)OCC2c3ccccc3-c3ccccc32)CC1. The predicted molar refractivity (Wildman–Crippen MR) is 119 cm³/mol. The first kappa shape index (κ1) is 21.5. The Bertz CT molecular complexity index is 1050. The molecule has 1 aliphatic heterocycles. The number of hydrogen-bond acceptors (Lipinski definition) is 5. The van der Waals surface area contributed by atoms with Crippen LogP contribution < -0.4 is 10.6 Å². The predicted octanol–water partition coefficient (Wildman–Crippen LogP) is 2.66. The molecule has 1 heterocycles. The largest absolute Gasteiger partial charge is 0.481 e. The van der Waals surface area contributed by atoms with Gasteiger partial charge in [-0.2, -0.15) is 0 Å². The number of carbonyl (C=O) groups is 3. The Morgan fingerprint density at radius 2 is 1.64 bits per heavy atom. The van der Waals surface area contributed by atoms with E-state index in [1.165, 1.54) is 0 Å². The van der Waals surface area contributed by atoms with Gasteiger partial charge in [-0.1, -0.05) is 48.5 Å². The molecule has 2 atom stereocenters. The highest BCUT2D eigenvalue weighted by atomic mass is 16.5. The maximum Gasteiger partial charge on any atom is 0.407 e. The number of carboxylic acid groups (broad SMARTS) is 1. The van der Waals surface area contributed by atoms with E-state index in [0.717, 1.165) is 22.3 Å². The van der Waals surface area contributed by atoms with Gasteiger partial charge in [0.25, 0.3) is 0 Å². The summed E-state index contributed by atoms with van der Waals surface area (Å²) in [7, 11) is 0. The zero-order chi connectivity index (χ0) is 23.0. The lowest BCUT2D eigenvalue weighted by molar-refractivity contribution is -0.138. The molecular formula is C25H26N2O6. The number of alkyl carbamates (subject to hydrolysis) is 1. The molecule has 8 nitrogen and oxygen atoms in total. The molecule has 2 amide bonds. The van der Waals surface area contributed by atoms with Crippen LogP contribution >= 0.6 is 0 Å². The van der Waals surface area contributed by atoms with Crippen molar-refractivity contribution in [2.75, 3.05) is 19.8 Å². The first-order valence-corrected chi connectivity index (χ1v) is 11.2. The van der Waals surface area contributed by atoms with Crippen molar-refractivity contribution in [1.29, 1.82) is 0 Å². The van der Waals surface area contributed by atoms with Crippen molar-refractivity contribution in [3.05, 3.63) is 59.7 Å². The highest BCUT2D eigenvalue weighted by Crippen LogP contribution is 2.44. The van der Waals surface area contributed by atoms with Crippen LogP contribution in [0.3, 0.4) is 0 Å². The first-order valence-electron chi connectivity index (χ1n) is 11.2. The maximum absolute atomic E-state index is 12.7. The minimum Gasteiger partial charge on any atom is -0.481 e. The summed E-state index contributed by atoms with van der Waals surface area (Å²) >= 11 is 0. The van der Waals surface area contributed by atoms with E-state index < -0.39 is 29.6 Å². The standard InChI is InChI=1S/C25H26N2O6/c28-22(29)11-25(9-10-25)27-23(30)20-12-32-14-21(20)26-24(31)33-13-19-17-7-3-1-5-15(17)16-6-2-4-8-18(16)19/h1-8,19-21H,9-14H2,(H,26,31)(H,27,30)(H,28,29). The molecule has 1 saturated heterocycles. The average Bonchev–Trinajstić information content (AvgIpc) is 3.24. The van der Waals surface area contributed by atoms with Gasteiger partial charge in [0, 0.05) is 5.92 Å². The summed E-state index contributed by atoms with van der Waals surface area (Å²) < 4.78 is 11.0. The van der Waals surface area contributed by atoms with Crippen LogP contribution in [-0.4, -0.2) is 54.5 Å². The van der Waals surface area contributed by atoms with Crippen molar-refractivity contribution in [2.45, 2.75) is 36.8 Å². The molecule has 2 aliphatic carbocycles. The zero-order valence-corrected chi connectivity index (χ0v) is 18.1. The van der Waals surface area contributed by atoms with Gasteiger partial charge in [-0.05, 0) is 35.1 Å². The van der Waals surface area contributed by atoms with Gasteiger partial charge in [-0.25, -0.2) is 4.79 Å². The summed E-state index contributed by atoms with van der Waals surface area (Å²) in [6.45, 7) is 0.559. The molecule has 3 N–H and O–H groups in total. The van der Waals surface area contributed by atoms with E-state index in [4.69, 9.17) is 14.6 Å². The number of fused-ring (bicyclic) bond motifs is 3. The van der Waals surface area contributed by atoms with Crippen molar-refractivity contribution in [2.24, 2.45) is 5.92 Å². The molecule has 0 radical (unpaired) electrons. The van der Waals surface area contributed by atoms with Crippen LogP contribution in [0.1, 0.15) is 36.3 Å². The number of benzene rings is 2. The summed E-state index contributed by atoms with van der Waals surface area (Å²) in [5, 5.41) is 14.7. The molecule has 2 aromatic carbocycles. The lowest BCUT2D eigenvalue weighted by Crippen LogP contribution is -2.49. The van der Waals surface area contributed by atoms with E-state index >= 15 is 0 Å². The van der Waals surface area contributed by atoms with Crippen LogP contribution in [-0.2, 0) is 19.1 Å². The molecule has 172 valence electrons. The second kappa shape index (κ2) is 8.51. The number of rotatable bonds is 7. The number of carboxylic acids is 1. The third-order valence-electron chi connectivity index (χ3n) is 6.80. The molecule has 0 aromatic heterocycles. The number of amides is 2. The van der Waals surface area contributed by atoms with Gasteiger partial charge >= 0.3 is 12.1 Å². The van der Waals surface area contributed by atoms with Crippen LogP contribution in [0.2, 0.25) is 0 Å². The van der Waals surface area contributed by atoms with Crippen LogP contribution in [0.5, 0.6) is 0 Å². The summed E-state index contributed by atoms with van der Waals surface area (Å²) in [5.74, 6) is -1.87. The molecule has 2 fully saturated rings. The van der Waals surface area contributed by atoms with E-state index in [9.17, 15) is 14.4 Å². The van der Waals surface area contributed by atoms with E-state index in [0.29, 0.717) is 12.8 Å². The Kier molecular flexibility index (Phi) is 5.54. The molecule has 3 aliphatic rings. The molecule has 5 rings (SSSR count). The Labute approximate surface area is 191 Å². The van der Waals surface area contributed by atoms with Gasteiger partial charge in [-0.3, -0.25) is 9.59 Å². The summed E-state index contributed by atoms with van der Waals surface area (Å²) in [5.41, 5.74) is 3.89. The summed E-state index contributed by atoms with van der Waals surface area (Å²) in [6.07, 6.45) is 0.583. The molecule has 2 unspecified atom stereocenters. The van der Waals surface area contributed by atoms with E-state index in [1.807, 2.05) is 24.3 Å². The van der Waals surface area contributed by atoms with Crippen molar-refractivity contribution in [3.8, 4) is 11.1 Å². The van der Waals surface area contributed by atoms with Gasteiger partial charge in [0.2, 0.25) is 5.91 Å². The number of aliphatic carboxylic acids is 1. The van der Waals surface area contributed by atoms with Gasteiger partial charge in [0.05, 0.1) is 37.1 Å². The summed E-state index contributed by atoms with van der Waals surface area (Å²) in [6, 6.07) is 15.7. The quantitative estimate of drug-likeness (QED) is 0.598. The van der Waals surface area contributed by atoms with Crippen LogP contribution in [0.4, 0.5) is 4.79 Å². The van der Waals surface area contributed by atoms with Crippen LogP contribution in [0.25, 0.3) is 11.1 Å². The average molecular weight is 450 g/mol. The molecular weight excluding hydrogens is 424 g/mol. The Hall–Kier alpha value is -3.39. The van der Waals surface area contributed by atoms with Gasteiger partial charge in [0.1, 0.15) is 6.61 Å². The van der Waals surface area contributed by atoms with Gasteiger partial charge in [-0.15, -0.1) is 0 Å². The fourth-order valence-corrected chi connectivity index (χ4v) is 4.89. The molecule has 0 bridgehead atoms. The number of carbonyl (C=O) groups excluding carboxylic acids is 2. The minimum absolute atomic E-state index is 0.0483. The zero-order valence-electron chi connectivity index (χ0n) is 18.1. The fraction of sp³-hybridized carbons (Fsp3) is 0.400. The first-order chi connectivity index (χ1) is 16.0. The second-order valence-corrected chi connectivity index (χ2v) is 9.06. The van der Waals surface area contributed by atoms with Crippen molar-refractivity contribution in [1.82, 2.24) is 10.6 Å². The van der Waals surface area contributed by atoms with Gasteiger partial charge < -0.3 is 25.2 Å². The number of hydrogen-bond donors (Lipinski definition) is 3. The van der Waals surface area contributed by atoms with Crippen LogP contribution in [0, 0.1) is 5.92 Å². The molecule has 1 saturated carbocycles. The van der Waals surface area contributed by atoms with Crippen molar-refractivity contribution >= 4 is 18.0 Å². The minimum atomic E-state index is -0.941. The van der Waals surface area contributed by atoms with E-state index in [1.54, 1.807) is 0 Å². The Balaban J connectivity index is 1.19. The Morgan fingerprint density at radius 1 is 1.00 bits per heavy atom. The second-order valence-electron chi connectivity index (χ2n) is 9.06. The van der Waals surface area contributed by atoms with Crippen molar-refractivity contribution < 1.29 is 29.0 Å². The lowest BCUT2D eigenvalue weighted by Gasteiger charge is -2.22. The highest BCUT2D eigenvalue weighted by molar-refractivity contribution is 5.83. The normalized spacial score (nSPS) is 22.2. The smallest absolute Gasteiger partial charge is 0.407 e.